The van der Waals surface area contributed by atoms with E-state index in [1.54, 1.807) is 37.3 Å². The van der Waals surface area contributed by atoms with Gasteiger partial charge in [0.15, 0.2) is 11.5 Å². The molecule has 9 nitrogen and oxygen atoms in total. The summed E-state index contributed by atoms with van der Waals surface area (Å²) in [6, 6.07) is 8.33. The number of methoxy groups -OCH3 is 4. The van der Waals surface area contributed by atoms with Gasteiger partial charge in [0, 0.05) is 12.1 Å². The van der Waals surface area contributed by atoms with Crippen LogP contribution in [0.15, 0.2) is 40.6 Å². The van der Waals surface area contributed by atoms with Crippen LogP contribution < -0.4 is 24.3 Å². The van der Waals surface area contributed by atoms with E-state index in [1.165, 1.54) is 28.4 Å². The lowest BCUT2D eigenvalue weighted by Gasteiger charge is -2.13. The molecule has 2 aromatic rings. The average molecular weight is 403 g/mol. The van der Waals surface area contributed by atoms with Crippen molar-refractivity contribution in [3.8, 4) is 23.0 Å². The van der Waals surface area contributed by atoms with Crippen molar-refractivity contribution >= 4 is 23.0 Å². The molecule has 0 bridgehead atoms. The topological polar surface area (TPSA) is 111 Å². The number of carbonyl (C=O) groups excluding carboxylic acids is 1. The highest BCUT2D eigenvalue weighted by molar-refractivity contribution is 5.94. The van der Waals surface area contributed by atoms with Gasteiger partial charge in [-0.05, 0) is 18.2 Å². The van der Waals surface area contributed by atoms with Gasteiger partial charge in [0.1, 0.15) is 5.75 Å². The predicted molar refractivity (Wildman–Crippen MR) is 108 cm³/mol. The molecule has 0 aromatic heterocycles. The number of ether oxygens (including phenoxy) is 4. The van der Waals surface area contributed by atoms with Crippen LogP contribution >= 0.6 is 0 Å². The summed E-state index contributed by atoms with van der Waals surface area (Å²) in [4.78, 5) is 12.1. The fourth-order valence-electron chi connectivity index (χ4n) is 2.44. The Hall–Kier alpha value is -3.33. The molecule has 0 aliphatic carbocycles. The first-order valence-corrected chi connectivity index (χ1v) is 8.78. The van der Waals surface area contributed by atoms with E-state index in [4.69, 9.17) is 24.1 Å². The summed E-state index contributed by atoms with van der Waals surface area (Å²) in [5.41, 5.74) is 1.42. The average Bonchev–Trinajstić information content (AvgIpc) is 2.76. The van der Waals surface area contributed by atoms with Crippen molar-refractivity contribution in [3.05, 3.63) is 30.3 Å². The van der Waals surface area contributed by atoms with Gasteiger partial charge in [-0.15, -0.1) is 0 Å². The van der Waals surface area contributed by atoms with Gasteiger partial charge in [-0.3, -0.25) is 4.79 Å². The van der Waals surface area contributed by atoms with Gasteiger partial charge in [-0.25, -0.2) is 0 Å². The van der Waals surface area contributed by atoms with Crippen LogP contribution in [0.2, 0.25) is 0 Å². The maximum Gasteiger partial charge on any atom is 0.229 e. The monoisotopic (exact) mass is 403 g/mol. The summed E-state index contributed by atoms with van der Waals surface area (Å²) in [6.07, 6.45) is 0. The number of amides is 1. The molecule has 0 fully saturated rings. The maximum atomic E-state index is 12.1. The Bertz CT molecular complexity index is 860. The minimum absolute atomic E-state index is 0.255. The highest BCUT2D eigenvalue weighted by atomic mass is 16.5. The molecule has 1 amide bonds. The molecule has 0 radical (unpaired) electrons. The Morgan fingerprint density at radius 2 is 1.52 bits per heavy atom. The van der Waals surface area contributed by atoms with Gasteiger partial charge < -0.3 is 29.4 Å². The van der Waals surface area contributed by atoms with Crippen molar-refractivity contribution < 1.29 is 28.8 Å². The van der Waals surface area contributed by atoms with Crippen molar-refractivity contribution in [1.29, 1.82) is 0 Å². The van der Waals surface area contributed by atoms with E-state index >= 15 is 0 Å². The fraction of sp³-hybridized carbons (Fsp3) is 0.350. The lowest BCUT2D eigenvalue weighted by molar-refractivity contribution is -0.120. The van der Waals surface area contributed by atoms with Gasteiger partial charge in [-0.2, -0.15) is 10.2 Å². The summed E-state index contributed by atoms with van der Waals surface area (Å²) >= 11 is 0. The Morgan fingerprint density at radius 1 is 0.931 bits per heavy atom. The quantitative estimate of drug-likeness (QED) is 0.618. The molecule has 0 saturated carbocycles. The molecule has 1 atom stereocenters. The zero-order chi connectivity index (χ0) is 21.4. The third kappa shape index (κ3) is 5.35. The van der Waals surface area contributed by atoms with E-state index in [9.17, 15) is 4.79 Å². The SMILES string of the molecule is COc1ccc(N=Nc2cc(OC)c(OC)c(OC)c2)cc1NC(=O)[C@@H](C)CO. The molecule has 2 N–H and O–H groups in total. The summed E-state index contributed by atoms with van der Waals surface area (Å²) in [6.45, 7) is 1.37. The zero-order valence-corrected chi connectivity index (χ0v) is 17.1. The molecule has 0 heterocycles. The van der Waals surface area contributed by atoms with Gasteiger partial charge in [0.2, 0.25) is 11.7 Å². The second kappa shape index (κ2) is 10.3. The second-order valence-electron chi connectivity index (χ2n) is 6.04. The molecule has 2 rings (SSSR count). The molecule has 0 aliphatic rings. The second-order valence-corrected chi connectivity index (χ2v) is 6.04. The van der Waals surface area contributed by atoms with Gasteiger partial charge >= 0.3 is 0 Å². The number of hydrogen-bond acceptors (Lipinski definition) is 8. The van der Waals surface area contributed by atoms with Crippen LogP contribution in [0.25, 0.3) is 0 Å². The molecular formula is C20H25N3O6. The number of aliphatic hydroxyl groups excluding tert-OH is 1. The van der Waals surface area contributed by atoms with Crippen LogP contribution in [0.4, 0.5) is 17.1 Å². The van der Waals surface area contributed by atoms with Crippen LogP contribution in [0.1, 0.15) is 6.92 Å². The number of nitrogens with one attached hydrogen (secondary N) is 1. The Kier molecular flexibility index (Phi) is 7.79. The van der Waals surface area contributed by atoms with Gasteiger partial charge in [0.05, 0.1) is 58.0 Å². The molecule has 0 aliphatic heterocycles. The summed E-state index contributed by atoms with van der Waals surface area (Å²) < 4.78 is 21.2. The number of anilines is 1. The minimum atomic E-state index is -0.552. The third-order valence-electron chi connectivity index (χ3n) is 4.09. The molecule has 2 aromatic carbocycles. The first-order chi connectivity index (χ1) is 14.0. The lowest BCUT2D eigenvalue weighted by atomic mass is 10.1. The smallest absolute Gasteiger partial charge is 0.229 e. The predicted octanol–water partition coefficient (Wildman–Crippen LogP) is 3.70. The molecule has 0 saturated heterocycles. The largest absolute Gasteiger partial charge is 0.495 e. The third-order valence-corrected chi connectivity index (χ3v) is 4.09. The van der Waals surface area contributed by atoms with Crippen LogP contribution in [-0.2, 0) is 4.79 Å². The summed E-state index contributed by atoms with van der Waals surface area (Å²) in [7, 11) is 6.05. The minimum Gasteiger partial charge on any atom is -0.495 e. The maximum absolute atomic E-state index is 12.1. The number of hydrogen-bond donors (Lipinski definition) is 2. The number of azo groups is 1. The van der Waals surface area contributed by atoms with Crippen molar-refractivity contribution in [2.24, 2.45) is 16.1 Å². The number of rotatable bonds is 9. The Morgan fingerprint density at radius 3 is 2.03 bits per heavy atom. The van der Waals surface area contributed by atoms with Crippen molar-refractivity contribution in [1.82, 2.24) is 0 Å². The van der Waals surface area contributed by atoms with E-state index in [2.05, 4.69) is 15.5 Å². The van der Waals surface area contributed by atoms with Crippen LogP contribution in [0.5, 0.6) is 23.0 Å². The van der Waals surface area contributed by atoms with Crippen LogP contribution in [-0.4, -0.2) is 46.1 Å². The zero-order valence-electron chi connectivity index (χ0n) is 17.1. The van der Waals surface area contributed by atoms with E-state index < -0.39 is 5.92 Å². The van der Waals surface area contributed by atoms with Gasteiger partial charge in [-0.1, -0.05) is 6.92 Å². The molecule has 0 unspecified atom stereocenters. The normalized spacial score (nSPS) is 11.8. The van der Waals surface area contributed by atoms with E-state index in [0.717, 1.165) is 0 Å². The number of aliphatic hydroxyl groups is 1. The van der Waals surface area contributed by atoms with Crippen molar-refractivity contribution in [2.75, 3.05) is 40.4 Å². The summed E-state index contributed by atoms with van der Waals surface area (Å²) in [5.74, 6) is 0.966. The highest BCUT2D eigenvalue weighted by Crippen LogP contribution is 2.41. The molecule has 156 valence electrons. The molecule has 0 spiro atoms. The number of benzene rings is 2. The number of nitrogens with zero attached hydrogens (tertiary/aromatic N) is 2. The summed E-state index contributed by atoms with van der Waals surface area (Å²) in [5, 5.41) is 20.3. The van der Waals surface area contributed by atoms with Gasteiger partial charge in [0.25, 0.3) is 0 Å². The first kappa shape index (κ1) is 22.0. The van der Waals surface area contributed by atoms with Crippen molar-refractivity contribution in [3.63, 3.8) is 0 Å². The van der Waals surface area contributed by atoms with E-state index in [1.807, 2.05) is 0 Å². The standard InChI is InChI=1S/C20H25N3O6/c1-12(11-24)20(25)21-15-8-13(6-7-16(15)26-2)22-23-14-9-17(27-3)19(29-5)18(10-14)28-4/h6-10,12,24H,11H2,1-5H3,(H,21,25)/t12-/m0/s1. The molecule has 9 heteroatoms. The lowest BCUT2D eigenvalue weighted by Crippen LogP contribution is -2.23. The Labute approximate surface area is 169 Å². The van der Waals surface area contributed by atoms with Crippen LogP contribution in [0, 0.1) is 5.92 Å². The van der Waals surface area contributed by atoms with E-state index in [0.29, 0.717) is 40.1 Å². The molecule has 29 heavy (non-hydrogen) atoms. The van der Waals surface area contributed by atoms with Crippen LogP contribution in [0.3, 0.4) is 0 Å². The fourth-order valence-corrected chi connectivity index (χ4v) is 2.44. The van der Waals surface area contributed by atoms with Crippen molar-refractivity contribution in [2.45, 2.75) is 6.92 Å². The first-order valence-electron chi connectivity index (χ1n) is 8.78. The Balaban J connectivity index is 2.33. The number of carbonyl (C=O) groups is 1. The molecular weight excluding hydrogens is 378 g/mol. The highest BCUT2D eigenvalue weighted by Gasteiger charge is 2.15. The van der Waals surface area contributed by atoms with E-state index in [-0.39, 0.29) is 12.5 Å².